The maximum absolute atomic E-state index is 12.6. The zero-order valence-electron chi connectivity index (χ0n) is 17.0. The molecule has 31 heavy (non-hydrogen) atoms. The van der Waals surface area contributed by atoms with E-state index < -0.39 is 12.3 Å². The van der Waals surface area contributed by atoms with Crippen molar-refractivity contribution in [2.45, 2.75) is 31.1 Å². The number of anilines is 1. The molecule has 164 valence electrons. The van der Waals surface area contributed by atoms with Crippen LogP contribution in [0.15, 0.2) is 53.1 Å². The van der Waals surface area contributed by atoms with E-state index in [0.29, 0.717) is 17.4 Å². The molecule has 1 fully saturated rings. The molecule has 0 bridgehead atoms. The van der Waals surface area contributed by atoms with Crippen molar-refractivity contribution in [3.63, 3.8) is 0 Å². The van der Waals surface area contributed by atoms with Gasteiger partial charge in [-0.25, -0.2) is 0 Å². The number of alkyl halides is 2. The van der Waals surface area contributed by atoms with Gasteiger partial charge in [0.15, 0.2) is 0 Å². The number of benzene rings is 1. The zero-order chi connectivity index (χ0) is 21.6. The largest absolute Gasteiger partial charge is 0.415 e. The van der Waals surface area contributed by atoms with Crippen molar-refractivity contribution >= 4 is 29.6 Å². The highest BCUT2D eigenvalue weighted by Crippen LogP contribution is 2.33. The van der Waals surface area contributed by atoms with Crippen LogP contribution < -0.4 is 4.31 Å². The Hall–Kier alpha value is -2.17. The Labute approximate surface area is 188 Å². The summed E-state index contributed by atoms with van der Waals surface area (Å²) in [5.74, 6) is 0.0680. The lowest BCUT2D eigenvalue weighted by Gasteiger charge is -2.38. The van der Waals surface area contributed by atoms with Crippen molar-refractivity contribution in [1.29, 1.82) is 0 Å². The summed E-state index contributed by atoms with van der Waals surface area (Å²) in [6.07, 6.45) is 3.15. The molecule has 6 nitrogen and oxygen atoms in total. The molecule has 1 aromatic carbocycles. The first-order chi connectivity index (χ1) is 15.1. The maximum atomic E-state index is 12.6. The van der Waals surface area contributed by atoms with E-state index in [1.165, 1.54) is 5.69 Å². The van der Waals surface area contributed by atoms with Crippen molar-refractivity contribution in [2.75, 3.05) is 23.7 Å². The molecular weight excluding hydrogens is 440 g/mol. The smallest absolute Gasteiger partial charge is 0.314 e. The predicted octanol–water partition coefficient (Wildman–Crippen LogP) is 5.47. The molecule has 3 heterocycles. The van der Waals surface area contributed by atoms with Gasteiger partial charge in [-0.05, 0) is 55.3 Å². The second-order valence-electron chi connectivity index (χ2n) is 7.06. The van der Waals surface area contributed by atoms with Crippen LogP contribution in [0.3, 0.4) is 0 Å². The summed E-state index contributed by atoms with van der Waals surface area (Å²) in [7, 11) is 0. The van der Waals surface area contributed by atoms with Gasteiger partial charge in [-0.15, -0.1) is 10.2 Å². The van der Waals surface area contributed by atoms with E-state index in [2.05, 4.69) is 54.3 Å². The molecule has 1 aliphatic rings. The Morgan fingerprint density at radius 3 is 2.52 bits per heavy atom. The average Bonchev–Trinajstić information content (AvgIpc) is 3.32. The molecule has 0 spiro atoms. The molecule has 2 aromatic heterocycles. The molecule has 0 amide bonds. The Balaban J connectivity index is 1.43. The van der Waals surface area contributed by atoms with E-state index in [4.69, 9.17) is 4.42 Å². The highest BCUT2D eigenvalue weighted by molar-refractivity contribution is 7.99. The topological polar surface area (TPSA) is 58.3 Å². The number of pyridine rings is 1. The van der Waals surface area contributed by atoms with Gasteiger partial charge in [-0.2, -0.15) is 8.78 Å². The summed E-state index contributed by atoms with van der Waals surface area (Å²) in [5.41, 5.74) is 2.61. The van der Waals surface area contributed by atoms with E-state index in [-0.39, 0.29) is 5.89 Å². The first-order valence-electron chi connectivity index (χ1n) is 9.97. The number of aromatic nitrogens is 3. The van der Waals surface area contributed by atoms with Gasteiger partial charge in [-0.1, -0.05) is 30.1 Å². The van der Waals surface area contributed by atoms with E-state index >= 15 is 0 Å². The fourth-order valence-corrected chi connectivity index (χ4v) is 5.15. The standard InChI is InChI=1S/C21H23F2N5OS2/c1-30-27-11-9-18(10-12-27)28(17-5-3-2-4-6-17)31-14-16-8-7-15(13-24-16)20-25-26-21(29-20)19(22)23/h2-8,13,18-19H,9-12,14H2,1H3. The van der Waals surface area contributed by atoms with E-state index in [9.17, 15) is 8.78 Å². The fourth-order valence-electron chi connectivity index (χ4n) is 3.44. The first-order valence-corrected chi connectivity index (χ1v) is 12.1. The molecule has 4 rings (SSSR count). The average molecular weight is 464 g/mol. The van der Waals surface area contributed by atoms with Crippen molar-refractivity contribution in [3.8, 4) is 11.5 Å². The van der Waals surface area contributed by atoms with Crippen LogP contribution in [0.4, 0.5) is 14.5 Å². The lowest BCUT2D eigenvalue weighted by molar-refractivity contribution is 0.116. The second-order valence-corrected chi connectivity index (χ2v) is 8.88. The van der Waals surface area contributed by atoms with Crippen LogP contribution >= 0.6 is 23.9 Å². The van der Waals surface area contributed by atoms with Crippen LogP contribution in [0, 0.1) is 0 Å². The van der Waals surface area contributed by atoms with E-state index in [0.717, 1.165) is 31.6 Å². The molecule has 0 unspecified atom stereocenters. The number of hydrogen-bond acceptors (Lipinski definition) is 8. The summed E-state index contributed by atoms with van der Waals surface area (Å²) >= 11 is 3.55. The molecule has 0 N–H and O–H groups in total. The molecule has 0 radical (unpaired) electrons. The van der Waals surface area contributed by atoms with Crippen LogP contribution in [0.1, 0.15) is 30.9 Å². The summed E-state index contributed by atoms with van der Waals surface area (Å²) in [4.78, 5) is 4.47. The summed E-state index contributed by atoms with van der Waals surface area (Å²) in [6, 6.07) is 14.5. The molecular formula is C21H23F2N5OS2. The van der Waals surface area contributed by atoms with Crippen molar-refractivity contribution in [1.82, 2.24) is 19.5 Å². The minimum Gasteiger partial charge on any atom is -0.415 e. The molecule has 0 atom stereocenters. The number of halogens is 2. The van der Waals surface area contributed by atoms with Crippen molar-refractivity contribution in [2.24, 2.45) is 0 Å². The Morgan fingerprint density at radius 2 is 1.90 bits per heavy atom. The minimum absolute atomic E-state index is 0.0495. The third-order valence-electron chi connectivity index (χ3n) is 5.07. The van der Waals surface area contributed by atoms with Crippen LogP contribution in [0.5, 0.6) is 0 Å². The lowest BCUT2D eigenvalue weighted by atomic mass is 10.1. The van der Waals surface area contributed by atoms with Crippen LogP contribution in [-0.2, 0) is 5.75 Å². The molecule has 0 saturated carbocycles. The Morgan fingerprint density at radius 1 is 1.13 bits per heavy atom. The molecule has 3 aromatic rings. The third-order valence-corrected chi connectivity index (χ3v) is 7.17. The predicted molar refractivity (Wildman–Crippen MR) is 121 cm³/mol. The summed E-state index contributed by atoms with van der Waals surface area (Å²) < 4.78 is 35.1. The normalized spacial score (nSPS) is 15.5. The SMILES string of the molecule is CSN1CCC(N(SCc2ccc(-c3nnc(C(F)F)o3)cn2)c2ccccc2)CC1. The van der Waals surface area contributed by atoms with Gasteiger partial charge in [0.2, 0.25) is 5.89 Å². The van der Waals surface area contributed by atoms with Gasteiger partial charge < -0.3 is 8.72 Å². The lowest BCUT2D eigenvalue weighted by Crippen LogP contribution is -2.40. The highest BCUT2D eigenvalue weighted by atomic mass is 32.2. The number of para-hydroxylation sites is 1. The quantitative estimate of drug-likeness (QED) is 0.408. The van der Waals surface area contributed by atoms with Crippen LogP contribution in [-0.4, -0.2) is 44.9 Å². The first kappa shape index (κ1) is 22.0. The highest BCUT2D eigenvalue weighted by Gasteiger charge is 2.25. The number of nitrogens with zero attached hydrogens (tertiary/aromatic N) is 5. The van der Waals surface area contributed by atoms with Gasteiger partial charge in [0, 0.05) is 31.0 Å². The fraction of sp³-hybridized carbons (Fsp3) is 0.381. The summed E-state index contributed by atoms with van der Waals surface area (Å²) in [6.45, 7) is 2.15. The second kappa shape index (κ2) is 10.4. The van der Waals surface area contributed by atoms with Crippen molar-refractivity contribution < 1.29 is 13.2 Å². The number of hydrogen-bond donors (Lipinski definition) is 0. The molecule has 1 saturated heterocycles. The Bertz CT molecular complexity index is 950. The van der Waals surface area contributed by atoms with E-state index in [1.54, 1.807) is 24.2 Å². The van der Waals surface area contributed by atoms with Gasteiger partial charge >= 0.3 is 6.43 Å². The van der Waals surface area contributed by atoms with Gasteiger partial charge in [0.1, 0.15) is 0 Å². The molecule has 10 heteroatoms. The maximum Gasteiger partial charge on any atom is 0.314 e. The van der Waals surface area contributed by atoms with Crippen LogP contribution in [0.2, 0.25) is 0 Å². The van der Waals surface area contributed by atoms with Gasteiger partial charge in [-0.3, -0.25) is 9.29 Å². The zero-order valence-corrected chi connectivity index (χ0v) is 18.7. The van der Waals surface area contributed by atoms with E-state index in [1.807, 2.05) is 24.1 Å². The third kappa shape index (κ3) is 5.55. The molecule has 0 aliphatic carbocycles. The monoisotopic (exact) mass is 463 g/mol. The number of rotatable bonds is 8. The van der Waals surface area contributed by atoms with Crippen LogP contribution in [0.25, 0.3) is 11.5 Å². The Kier molecular flexibility index (Phi) is 7.41. The minimum atomic E-state index is -2.78. The number of piperidine rings is 1. The van der Waals surface area contributed by atoms with Crippen molar-refractivity contribution in [3.05, 3.63) is 60.2 Å². The molecule has 1 aliphatic heterocycles. The van der Waals surface area contributed by atoms with Gasteiger partial charge in [0.25, 0.3) is 5.89 Å². The summed E-state index contributed by atoms with van der Waals surface area (Å²) in [5, 5.41) is 7.03. The van der Waals surface area contributed by atoms with Gasteiger partial charge in [0.05, 0.1) is 17.0 Å².